The molecule has 0 radical (unpaired) electrons. The van der Waals surface area contributed by atoms with Crippen LogP contribution in [0.15, 0.2) is 54.6 Å². The van der Waals surface area contributed by atoms with Crippen molar-refractivity contribution < 1.29 is 38.2 Å². The van der Waals surface area contributed by atoms with Crippen molar-refractivity contribution >= 4 is 50.1 Å². The zero-order valence-corrected chi connectivity index (χ0v) is 23.3. The van der Waals surface area contributed by atoms with E-state index in [0.717, 1.165) is 0 Å². The second-order valence-electron chi connectivity index (χ2n) is 8.29. The Morgan fingerprint density at radius 2 is 1.63 bits per heavy atom. The van der Waals surface area contributed by atoms with E-state index >= 15 is 0 Å². The number of hydrogen-bond acceptors (Lipinski definition) is 11. The van der Waals surface area contributed by atoms with Gasteiger partial charge in [-0.15, -0.1) is 0 Å². The Morgan fingerprint density at radius 3 is 2.27 bits per heavy atom. The zero-order chi connectivity index (χ0) is 29.5. The van der Waals surface area contributed by atoms with Crippen LogP contribution in [0.5, 0.6) is 28.7 Å². The molecule has 41 heavy (non-hydrogen) atoms. The molecule has 0 saturated carbocycles. The molecule has 1 aromatic heterocycles. The average Bonchev–Trinajstić information content (AvgIpc) is 3.39. The topological polar surface area (TPSA) is 148 Å². The number of rotatable bonds is 12. The first-order valence-corrected chi connectivity index (χ1v) is 12.8. The summed E-state index contributed by atoms with van der Waals surface area (Å²) in [4.78, 5) is 40.1. The number of ether oxygens (including phenoxy) is 5. The first-order chi connectivity index (χ1) is 19.8. The van der Waals surface area contributed by atoms with E-state index in [1.807, 2.05) is 0 Å². The minimum Gasteiger partial charge on any atom is -0.493 e. The number of amides is 1. The number of ketones is 1. The second kappa shape index (κ2) is 12.8. The lowest BCUT2D eigenvalue weighted by Crippen LogP contribution is -2.20. The fraction of sp³-hybridized carbons (Fsp3) is 0.179. The van der Waals surface area contributed by atoms with Gasteiger partial charge in [0.2, 0.25) is 5.75 Å². The molecule has 13 heteroatoms. The van der Waals surface area contributed by atoms with Gasteiger partial charge in [-0.25, -0.2) is 4.98 Å². The molecule has 0 aliphatic heterocycles. The standard InChI is InChI=1S/C28H25N3O9S/c1-36-21-9-6-16(5-8-20(32)17-12-23(37-2)27(39-4)24(13-17)38-3)11-22(21)40-15-26(33)30-28-29-19-14-18(31(34)35)7-10-25(19)41-28/h5-14H,15H2,1-4H3,(H,29,30,33)/b8-5+. The maximum atomic E-state index is 12.9. The van der Waals surface area contributed by atoms with Crippen LogP contribution in [0.2, 0.25) is 0 Å². The zero-order valence-electron chi connectivity index (χ0n) is 22.5. The summed E-state index contributed by atoms with van der Waals surface area (Å²) < 4.78 is 27.6. The number of nitro groups is 1. The van der Waals surface area contributed by atoms with Crippen molar-refractivity contribution in [1.29, 1.82) is 0 Å². The number of carbonyl (C=O) groups is 2. The van der Waals surface area contributed by atoms with Crippen molar-refractivity contribution in [3.8, 4) is 28.7 Å². The van der Waals surface area contributed by atoms with Crippen molar-refractivity contribution in [1.82, 2.24) is 4.98 Å². The molecule has 0 atom stereocenters. The number of nitrogens with zero attached hydrogens (tertiary/aromatic N) is 2. The van der Waals surface area contributed by atoms with Crippen molar-refractivity contribution in [3.63, 3.8) is 0 Å². The molecule has 3 aromatic carbocycles. The number of carbonyl (C=O) groups excluding carboxylic acids is 2. The van der Waals surface area contributed by atoms with Gasteiger partial charge in [0.1, 0.15) is 0 Å². The minimum atomic E-state index is -0.509. The highest BCUT2D eigenvalue weighted by molar-refractivity contribution is 7.22. The highest BCUT2D eigenvalue weighted by Crippen LogP contribution is 2.38. The molecule has 0 unspecified atom stereocenters. The smallest absolute Gasteiger partial charge is 0.271 e. The van der Waals surface area contributed by atoms with Gasteiger partial charge in [-0.3, -0.25) is 25.0 Å². The number of nitrogens with one attached hydrogen (secondary N) is 1. The third-order valence-corrected chi connectivity index (χ3v) is 6.70. The van der Waals surface area contributed by atoms with Gasteiger partial charge in [0, 0.05) is 17.7 Å². The SMILES string of the molecule is COc1ccc(/C=C/C(=O)c2cc(OC)c(OC)c(OC)c2)cc1OCC(=O)Nc1nc2cc([N+](=O)[O-])ccc2s1. The summed E-state index contributed by atoms with van der Waals surface area (Å²) in [5.74, 6) is 0.970. The molecule has 4 aromatic rings. The highest BCUT2D eigenvalue weighted by Gasteiger charge is 2.17. The fourth-order valence-electron chi connectivity index (χ4n) is 3.78. The summed E-state index contributed by atoms with van der Waals surface area (Å²) in [6, 6.07) is 12.4. The van der Waals surface area contributed by atoms with Gasteiger partial charge in [-0.1, -0.05) is 23.5 Å². The molecule has 0 aliphatic carbocycles. The second-order valence-corrected chi connectivity index (χ2v) is 9.32. The van der Waals surface area contributed by atoms with Gasteiger partial charge in [0.05, 0.1) is 43.6 Å². The maximum Gasteiger partial charge on any atom is 0.271 e. The van der Waals surface area contributed by atoms with Crippen LogP contribution in [-0.2, 0) is 4.79 Å². The number of anilines is 1. The van der Waals surface area contributed by atoms with Crippen LogP contribution in [0.1, 0.15) is 15.9 Å². The van der Waals surface area contributed by atoms with Crippen molar-refractivity contribution in [3.05, 3.63) is 75.8 Å². The lowest BCUT2D eigenvalue weighted by atomic mass is 10.1. The van der Waals surface area contributed by atoms with Gasteiger partial charge in [-0.2, -0.15) is 0 Å². The molecule has 0 saturated heterocycles. The van der Waals surface area contributed by atoms with E-state index < -0.39 is 10.8 Å². The number of thiazole rings is 1. The summed E-state index contributed by atoms with van der Waals surface area (Å²) >= 11 is 1.18. The lowest BCUT2D eigenvalue weighted by Gasteiger charge is -2.13. The molecule has 212 valence electrons. The van der Waals surface area contributed by atoms with E-state index in [1.165, 1.54) is 58.0 Å². The Balaban J connectivity index is 1.44. The third kappa shape index (κ3) is 6.70. The van der Waals surface area contributed by atoms with Gasteiger partial charge in [0.25, 0.3) is 11.6 Å². The first-order valence-electron chi connectivity index (χ1n) is 11.9. The predicted octanol–water partition coefficient (Wildman–Crippen LogP) is 5.15. The number of fused-ring (bicyclic) bond motifs is 1. The van der Waals surface area contributed by atoms with Crippen molar-refractivity contribution in [2.24, 2.45) is 0 Å². The lowest BCUT2D eigenvalue weighted by molar-refractivity contribution is -0.384. The van der Waals surface area contributed by atoms with Crippen LogP contribution < -0.4 is 29.0 Å². The molecule has 0 bridgehead atoms. The third-order valence-electron chi connectivity index (χ3n) is 5.75. The molecular weight excluding hydrogens is 554 g/mol. The van der Waals surface area contributed by atoms with Crippen LogP contribution in [-0.4, -0.2) is 56.6 Å². The summed E-state index contributed by atoms with van der Waals surface area (Å²) in [7, 11) is 5.87. The molecule has 1 N–H and O–H groups in total. The van der Waals surface area contributed by atoms with Crippen LogP contribution in [0, 0.1) is 10.1 Å². The number of benzene rings is 3. The molecule has 0 fully saturated rings. The number of non-ortho nitro benzene ring substituents is 1. The van der Waals surface area contributed by atoms with E-state index in [4.69, 9.17) is 23.7 Å². The van der Waals surface area contributed by atoms with Crippen molar-refractivity contribution in [2.75, 3.05) is 40.4 Å². The van der Waals surface area contributed by atoms with E-state index in [1.54, 1.807) is 42.5 Å². The largest absolute Gasteiger partial charge is 0.493 e. The van der Waals surface area contributed by atoms with E-state index in [0.29, 0.717) is 44.3 Å². The molecule has 12 nitrogen and oxygen atoms in total. The molecule has 1 amide bonds. The average molecular weight is 580 g/mol. The molecule has 1 heterocycles. The number of aromatic nitrogens is 1. The quantitative estimate of drug-likeness (QED) is 0.103. The number of nitro benzene ring substituents is 1. The first kappa shape index (κ1) is 28.8. The van der Waals surface area contributed by atoms with Gasteiger partial charge in [-0.05, 0) is 42.0 Å². The number of allylic oxidation sites excluding steroid dienone is 1. The maximum absolute atomic E-state index is 12.9. The van der Waals surface area contributed by atoms with Crippen LogP contribution in [0.4, 0.5) is 10.8 Å². The summed E-state index contributed by atoms with van der Waals surface area (Å²) in [6.07, 6.45) is 2.98. The fourth-order valence-corrected chi connectivity index (χ4v) is 4.65. The molecule has 0 aliphatic rings. The molecule has 0 spiro atoms. The van der Waals surface area contributed by atoms with Crippen molar-refractivity contribution in [2.45, 2.75) is 0 Å². The van der Waals surface area contributed by atoms with Gasteiger partial charge < -0.3 is 23.7 Å². The summed E-state index contributed by atoms with van der Waals surface area (Å²) in [5, 5.41) is 13.9. The van der Waals surface area contributed by atoms with E-state index in [2.05, 4.69) is 10.3 Å². The van der Waals surface area contributed by atoms with Gasteiger partial charge >= 0.3 is 0 Å². The number of methoxy groups -OCH3 is 4. The molecule has 4 rings (SSSR count). The van der Waals surface area contributed by atoms with E-state index in [9.17, 15) is 19.7 Å². The summed E-state index contributed by atoms with van der Waals surface area (Å²) in [5.41, 5.74) is 1.27. The Hall–Kier alpha value is -5.17. The molecular formula is C28H25N3O9S. The normalized spacial score (nSPS) is 10.8. The number of hydrogen-bond donors (Lipinski definition) is 1. The Morgan fingerprint density at radius 1 is 0.927 bits per heavy atom. The van der Waals surface area contributed by atoms with Crippen LogP contribution in [0.3, 0.4) is 0 Å². The van der Waals surface area contributed by atoms with Crippen LogP contribution >= 0.6 is 11.3 Å². The Bertz CT molecular complexity index is 1620. The summed E-state index contributed by atoms with van der Waals surface area (Å²) in [6.45, 7) is -0.357. The Kier molecular flexibility index (Phi) is 8.99. The van der Waals surface area contributed by atoms with Gasteiger partial charge in [0.15, 0.2) is 40.5 Å². The van der Waals surface area contributed by atoms with Crippen LogP contribution in [0.25, 0.3) is 16.3 Å². The monoisotopic (exact) mass is 579 g/mol. The predicted molar refractivity (Wildman–Crippen MR) is 153 cm³/mol. The highest BCUT2D eigenvalue weighted by atomic mass is 32.1. The minimum absolute atomic E-state index is 0.0878. The Labute approximate surface area is 238 Å². The van der Waals surface area contributed by atoms with E-state index in [-0.39, 0.29) is 29.0 Å².